The van der Waals surface area contributed by atoms with Gasteiger partial charge in [-0.1, -0.05) is 12.1 Å². The number of nitrogens with zero attached hydrogens (tertiary/aromatic N) is 2. The molecule has 1 aromatic carbocycles. The van der Waals surface area contributed by atoms with E-state index in [4.69, 9.17) is 0 Å². The van der Waals surface area contributed by atoms with Gasteiger partial charge in [-0.15, -0.1) is 0 Å². The van der Waals surface area contributed by atoms with Crippen molar-refractivity contribution in [3.63, 3.8) is 0 Å². The van der Waals surface area contributed by atoms with Crippen LogP contribution in [0.5, 0.6) is 0 Å². The Morgan fingerprint density at radius 3 is 2.50 bits per heavy atom. The van der Waals surface area contributed by atoms with Crippen molar-refractivity contribution in [3.05, 3.63) is 39.9 Å². The lowest BCUT2D eigenvalue weighted by Crippen LogP contribution is -3.12. The molecule has 1 aliphatic heterocycles. The summed E-state index contributed by atoms with van der Waals surface area (Å²) in [5.41, 5.74) is 3.68. The van der Waals surface area contributed by atoms with Crippen LogP contribution in [0.15, 0.2) is 24.3 Å². The van der Waals surface area contributed by atoms with E-state index in [1.54, 1.807) is 12.1 Å². The lowest BCUT2D eigenvalue weighted by molar-refractivity contribution is -0.884. The number of carbonyl (C=O) groups is 1. The Bertz CT molecular complexity index is 481. The fourth-order valence-corrected chi connectivity index (χ4v) is 2.14. The second-order valence-corrected chi connectivity index (χ2v) is 5.08. The Balaban J connectivity index is 1.83. The van der Waals surface area contributed by atoms with Crippen LogP contribution in [-0.2, 0) is 11.2 Å². The van der Waals surface area contributed by atoms with Gasteiger partial charge in [-0.3, -0.25) is 20.3 Å². The second-order valence-electron chi connectivity index (χ2n) is 5.08. The van der Waals surface area contributed by atoms with Crippen LogP contribution in [-0.4, -0.2) is 49.1 Å². The molecule has 0 aliphatic carbocycles. The topological polar surface area (TPSA) is 79.9 Å². The fraction of sp³-hybridized carbons (Fsp3) is 0.462. The largest absolute Gasteiger partial charge is 0.335 e. The van der Waals surface area contributed by atoms with E-state index in [1.165, 1.54) is 17.0 Å². The van der Waals surface area contributed by atoms with Gasteiger partial charge >= 0.3 is 0 Å². The van der Waals surface area contributed by atoms with Crippen molar-refractivity contribution < 1.29 is 14.6 Å². The first-order valence-corrected chi connectivity index (χ1v) is 6.63. The Morgan fingerprint density at radius 1 is 1.35 bits per heavy atom. The predicted octanol–water partition coefficient (Wildman–Crippen LogP) is -1.00. The highest BCUT2D eigenvalue weighted by Gasteiger charge is 2.18. The maximum Gasteiger partial charge on any atom is 0.269 e. The van der Waals surface area contributed by atoms with Crippen molar-refractivity contribution >= 4 is 11.6 Å². The van der Waals surface area contributed by atoms with E-state index in [0.29, 0.717) is 0 Å². The summed E-state index contributed by atoms with van der Waals surface area (Å²) < 4.78 is 0. The lowest BCUT2D eigenvalue weighted by atomic mass is 10.1. The number of amides is 1. The Labute approximate surface area is 117 Å². The summed E-state index contributed by atoms with van der Waals surface area (Å²) in [6.07, 6.45) is 0.233. The standard InChI is InChI=1S/C13H18N4O3/c1-15-6-8-16(9-7-15)14-13(18)10-11-2-4-12(5-3-11)17(19)20/h2-5H,6-10H2,1H3,(H,14,18)/p+1. The van der Waals surface area contributed by atoms with Gasteiger partial charge in [0.05, 0.1) is 44.6 Å². The molecule has 0 radical (unpaired) electrons. The van der Waals surface area contributed by atoms with Crippen molar-refractivity contribution in [1.29, 1.82) is 0 Å². The van der Waals surface area contributed by atoms with Crippen LogP contribution in [0.4, 0.5) is 5.69 Å². The average Bonchev–Trinajstić information content (AvgIpc) is 2.42. The second kappa shape index (κ2) is 6.44. The van der Waals surface area contributed by atoms with Crippen LogP contribution >= 0.6 is 0 Å². The first-order chi connectivity index (χ1) is 9.54. The van der Waals surface area contributed by atoms with Gasteiger partial charge in [0.15, 0.2) is 0 Å². The number of hydrogen-bond acceptors (Lipinski definition) is 4. The molecule has 1 heterocycles. The minimum absolute atomic E-state index is 0.0381. The molecule has 1 aromatic rings. The summed E-state index contributed by atoms with van der Waals surface area (Å²) in [5, 5.41) is 12.5. The Hall–Kier alpha value is -1.99. The number of non-ortho nitro benzene ring substituents is 1. The molecule has 1 saturated heterocycles. The summed E-state index contributed by atoms with van der Waals surface area (Å²) in [4.78, 5) is 23.4. The molecule has 7 nitrogen and oxygen atoms in total. The fourth-order valence-electron chi connectivity index (χ4n) is 2.14. The minimum atomic E-state index is -0.448. The van der Waals surface area contributed by atoms with Crippen molar-refractivity contribution in [1.82, 2.24) is 10.4 Å². The maximum atomic E-state index is 11.9. The molecule has 0 saturated carbocycles. The maximum absolute atomic E-state index is 11.9. The average molecular weight is 279 g/mol. The van der Waals surface area contributed by atoms with E-state index in [9.17, 15) is 14.9 Å². The number of hydrazine groups is 1. The summed E-state index contributed by atoms with van der Waals surface area (Å²) >= 11 is 0. The van der Waals surface area contributed by atoms with Gasteiger partial charge in [0, 0.05) is 12.1 Å². The number of nitro groups is 1. The van der Waals surface area contributed by atoms with Gasteiger partial charge < -0.3 is 4.90 Å². The third-order valence-electron chi connectivity index (χ3n) is 3.41. The number of nitro benzene ring substituents is 1. The highest BCUT2D eigenvalue weighted by molar-refractivity contribution is 5.78. The number of piperazine rings is 1. The van der Waals surface area contributed by atoms with Crippen LogP contribution < -0.4 is 10.3 Å². The zero-order valence-corrected chi connectivity index (χ0v) is 11.5. The molecule has 108 valence electrons. The zero-order valence-electron chi connectivity index (χ0n) is 11.5. The number of rotatable bonds is 4. The molecule has 7 heteroatoms. The first-order valence-electron chi connectivity index (χ1n) is 6.63. The number of carbonyl (C=O) groups excluding carboxylic acids is 1. The highest BCUT2D eigenvalue weighted by Crippen LogP contribution is 2.12. The lowest BCUT2D eigenvalue weighted by Gasteiger charge is -2.30. The first kappa shape index (κ1) is 14.4. The van der Waals surface area contributed by atoms with E-state index in [0.717, 1.165) is 31.7 Å². The van der Waals surface area contributed by atoms with Crippen molar-refractivity contribution in [2.45, 2.75) is 6.42 Å². The monoisotopic (exact) mass is 279 g/mol. The molecular formula is C13H19N4O3+. The molecule has 2 rings (SSSR count). The molecular weight excluding hydrogens is 260 g/mol. The van der Waals surface area contributed by atoms with Gasteiger partial charge in [0.1, 0.15) is 0 Å². The molecule has 0 atom stereocenters. The van der Waals surface area contributed by atoms with Gasteiger partial charge in [-0.2, -0.15) is 0 Å². The molecule has 0 aromatic heterocycles. The van der Waals surface area contributed by atoms with Gasteiger partial charge in [0.2, 0.25) is 5.91 Å². The van der Waals surface area contributed by atoms with Gasteiger partial charge in [0.25, 0.3) is 5.69 Å². The third-order valence-corrected chi connectivity index (χ3v) is 3.41. The summed E-state index contributed by atoms with van der Waals surface area (Å²) in [6.45, 7) is 3.71. The molecule has 0 unspecified atom stereocenters. The number of likely N-dealkylation sites (N-methyl/N-ethyl adjacent to an activating group) is 1. The quantitative estimate of drug-likeness (QED) is 0.547. The zero-order chi connectivity index (χ0) is 14.5. The molecule has 2 N–H and O–H groups in total. The molecule has 1 amide bonds. The summed E-state index contributed by atoms with van der Waals surface area (Å²) in [7, 11) is 2.13. The van der Waals surface area contributed by atoms with Crippen LogP contribution in [0.2, 0.25) is 0 Å². The summed E-state index contributed by atoms with van der Waals surface area (Å²) in [6, 6.07) is 6.07. The van der Waals surface area contributed by atoms with Crippen LogP contribution in [0.1, 0.15) is 5.56 Å². The van der Waals surface area contributed by atoms with Crippen LogP contribution in [0, 0.1) is 10.1 Å². The van der Waals surface area contributed by atoms with Crippen LogP contribution in [0.25, 0.3) is 0 Å². The smallest absolute Gasteiger partial charge is 0.269 e. The number of quaternary nitrogens is 1. The molecule has 0 bridgehead atoms. The highest BCUT2D eigenvalue weighted by atomic mass is 16.6. The molecule has 20 heavy (non-hydrogen) atoms. The van der Waals surface area contributed by atoms with E-state index >= 15 is 0 Å². The van der Waals surface area contributed by atoms with Gasteiger partial charge in [-0.25, -0.2) is 5.01 Å². The molecule has 0 spiro atoms. The van der Waals surface area contributed by atoms with Crippen molar-refractivity contribution in [3.8, 4) is 0 Å². The predicted molar refractivity (Wildman–Crippen MR) is 73.1 cm³/mol. The van der Waals surface area contributed by atoms with Crippen molar-refractivity contribution in [2.24, 2.45) is 0 Å². The molecule has 1 fully saturated rings. The van der Waals surface area contributed by atoms with Crippen LogP contribution in [0.3, 0.4) is 0 Å². The molecule has 1 aliphatic rings. The van der Waals surface area contributed by atoms with E-state index in [1.807, 2.05) is 5.01 Å². The van der Waals surface area contributed by atoms with E-state index < -0.39 is 4.92 Å². The Kier molecular flexibility index (Phi) is 4.65. The summed E-state index contributed by atoms with van der Waals surface area (Å²) in [5.74, 6) is -0.0848. The third kappa shape index (κ3) is 4.01. The van der Waals surface area contributed by atoms with E-state index in [-0.39, 0.29) is 18.0 Å². The van der Waals surface area contributed by atoms with Gasteiger partial charge in [-0.05, 0) is 5.56 Å². The van der Waals surface area contributed by atoms with Crippen molar-refractivity contribution in [2.75, 3.05) is 33.2 Å². The number of benzene rings is 1. The Morgan fingerprint density at radius 2 is 1.95 bits per heavy atom. The normalized spacial score (nSPS) is 16.9. The minimum Gasteiger partial charge on any atom is -0.335 e. The number of hydrogen-bond donors (Lipinski definition) is 2. The van der Waals surface area contributed by atoms with E-state index in [2.05, 4.69) is 12.5 Å². The number of nitrogens with one attached hydrogen (secondary N) is 2. The SMILES string of the molecule is C[NH+]1CCN(NC(=O)Cc2ccc([N+](=O)[O-])cc2)CC1.